The summed E-state index contributed by atoms with van der Waals surface area (Å²) in [5, 5.41) is 11.9. The van der Waals surface area contributed by atoms with Crippen LogP contribution in [0.5, 0.6) is 0 Å². The Balaban J connectivity index is 2.30. The Labute approximate surface area is 99.8 Å². The molecule has 0 aromatic carbocycles. The van der Waals surface area contributed by atoms with Crippen molar-refractivity contribution in [1.29, 1.82) is 5.26 Å². The average Bonchev–Trinajstić information content (AvgIpc) is 2.67. The number of nitriles is 1. The molecule has 0 bridgehead atoms. The van der Waals surface area contributed by atoms with Gasteiger partial charge in [0, 0.05) is 13.1 Å². The number of hydrogen-bond donors (Lipinski definition) is 1. The lowest BCUT2D eigenvalue weighted by Crippen LogP contribution is -2.31. The molecule has 0 amide bonds. The summed E-state index contributed by atoms with van der Waals surface area (Å²) in [6.07, 6.45) is 2.24. The molecule has 0 aliphatic carbocycles. The fraction of sp³-hybridized carbons (Fsp3) is 0.923. The lowest BCUT2D eigenvalue weighted by molar-refractivity contribution is 0.227. The normalized spacial score (nSPS) is 24.3. The minimum absolute atomic E-state index is 0.00804. The molecule has 3 nitrogen and oxygen atoms in total. The zero-order chi connectivity index (χ0) is 12.2. The molecule has 0 saturated carbocycles. The molecule has 2 atom stereocenters. The van der Waals surface area contributed by atoms with Crippen LogP contribution in [0.1, 0.15) is 33.6 Å². The number of nitrogens with one attached hydrogen (secondary N) is 1. The first kappa shape index (κ1) is 13.5. The van der Waals surface area contributed by atoms with Crippen molar-refractivity contribution in [3.63, 3.8) is 0 Å². The van der Waals surface area contributed by atoms with Crippen molar-refractivity contribution in [2.75, 3.05) is 26.7 Å². The van der Waals surface area contributed by atoms with E-state index in [2.05, 4.69) is 37.1 Å². The Hall–Kier alpha value is -0.590. The fourth-order valence-corrected chi connectivity index (χ4v) is 2.33. The monoisotopic (exact) mass is 223 g/mol. The summed E-state index contributed by atoms with van der Waals surface area (Å²) >= 11 is 0. The Morgan fingerprint density at radius 2 is 2.19 bits per heavy atom. The second-order valence-corrected chi connectivity index (χ2v) is 5.91. The zero-order valence-corrected chi connectivity index (χ0v) is 11.1. The molecule has 1 heterocycles. The van der Waals surface area contributed by atoms with Gasteiger partial charge in [0.05, 0.1) is 12.1 Å². The molecule has 1 N–H and O–H groups in total. The first-order chi connectivity index (χ1) is 7.47. The summed E-state index contributed by atoms with van der Waals surface area (Å²) in [5.41, 5.74) is 0.423. The molecule has 0 radical (unpaired) electrons. The Bertz CT molecular complexity index is 249. The Kier molecular flexibility index (Phi) is 4.76. The Morgan fingerprint density at radius 1 is 1.50 bits per heavy atom. The van der Waals surface area contributed by atoms with Gasteiger partial charge in [-0.2, -0.15) is 5.26 Å². The van der Waals surface area contributed by atoms with Crippen LogP contribution in [0.2, 0.25) is 0 Å². The number of nitrogens with zero attached hydrogens (tertiary/aromatic N) is 2. The molecule has 2 unspecified atom stereocenters. The van der Waals surface area contributed by atoms with Gasteiger partial charge in [-0.05, 0) is 37.8 Å². The van der Waals surface area contributed by atoms with E-state index in [0.717, 1.165) is 18.9 Å². The standard InChI is InChI=1S/C13H25N3/c1-13(2,3)11-5-7-16(10-11)8-6-12(9-14)15-4/h11-12,15H,5-8,10H2,1-4H3. The molecular weight excluding hydrogens is 198 g/mol. The minimum Gasteiger partial charge on any atom is -0.305 e. The zero-order valence-electron chi connectivity index (χ0n) is 11.1. The highest BCUT2D eigenvalue weighted by Gasteiger charge is 2.31. The maximum Gasteiger partial charge on any atom is 0.0962 e. The van der Waals surface area contributed by atoms with Gasteiger partial charge in [0.2, 0.25) is 0 Å². The molecule has 92 valence electrons. The van der Waals surface area contributed by atoms with E-state index in [4.69, 9.17) is 5.26 Å². The highest BCUT2D eigenvalue weighted by Crippen LogP contribution is 2.33. The van der Waals surface area contributed by atoms with Crippen molar-refractivity contribution in [2.24, 2.45) is 11.3 Å². The van der Waals surface area contributed by atoms with Crippen LogP contribution in [0.4, 0.5) is 0 Å². The molecule has 0 aromatic heterocycles. The van der Waals surface area contributed by atoms with E-state index < -0.39 is 0 Å². The summed E-state index contributed by atoms with van der Waals surface area (Å²) < 4.78 is 0. The largest absolute Gasteiger partial charge is 0.305 e. The van der Waals surface area contributed by atoms with E-state index in [9.17, 15) is 0 Å². The molecule has 1 aliphatic heterocycles. The van der Waals surface area contributed by atoms with Crippen molar-refractivity contribution < 1.29 is 0 Å². The predicted octanol–water partition coefficient (Wildman–Crippen LogP) is 1.86. The van der Waals surface area contributed by atoms with Crippen molar-refractivity contribution in [3.05, 3.63) is 0 Å². The van der Waals surface area contributed by atoms with Crippen LogP contribution < -0.4 is 5.32 Å². The quantitative estimate of drug-likeness (QED) is 0.790. The minimum atomic E-state index is 0.00804. The first-order valence-electron chi connectivity index (χ1n) is 6.26. The molecule has 1 saturated heterocycles. The van der Waals surface area contributed by atoms with Gasteiger partial charge in [-0.1, -0.05) is 20.8 Å². The third-order valence-electron chi connectivity index (χ3n) is 3.74. The van der Waals surface area contributed by atoms with Crippen LogP contribution in [0, 0.1) is 22.7 Å². The highest BCUT2D eigenvalue weighted by atomic mass is 15.1. The summed E-state index contributed by atoms with van der Waals surface area (Å²) in [5.74, 6) is 0.808. The Morgan fingerprint density at radius 3 is 2.62 bits per heavy atom. The van der Waals surface area contributed by atoms with Crippen LogP contribution in [0.3, 0.4) is 0 Å². The average molecular weight is 223 g/mol. The van der Waals surface area contributed by atoms with E-state index in [1.807, 2.05) is 7.05 Å². The van der Waals surface area contributed by atoms with Gasteiger partial charge in [-0.15, -0.1) is 0 Å². The van der Waals surface area contributed by atoms with Gasteiger partial charge < -0.3 is 10.2 Å². The molecular formula is C13H25N3. The van der Waals surface area contributed by atoms with Gasteiger partial charge in [-0.25, -0.2) is 0 Å². The summed E-state index contributed by atoms with van der Waals surface area (Å²) in [4.78, 5) is 2.50. The van der Waals surface area contributed by atoms with Crippen molar-refractivity contribution >= 4 is 0 Å². The maximum atomic E-state index is 8.85. The molecule has 16 heavy (non-hydrogen) atoms. The fourth-order valence-electron chi connectivity index (χ4n) is 2.33. The summed E-state index contributed by atoms with van der Waals surface area (Å²) in [7, 11) is 1.86. The van der Waals surface area contributed by atoms with E-state index in [-0.39, 0.29) is 6.04 Å². The van der Waals surface area contributed by atoms with E-state index in [1.54, 1.807) is 0 Å². The van der Waals surface area contributed by atoms with Crippen molar-refractivity contribution in [2.45, 2.75) is 39.7 Å². The van der Waals surface area contributed by atoms with E-state index in [1.165, 1.54) is 19.5 Å². The van der Waals surface area contributed by atoms with Gasteiger partial charge in [-0.3, -0.25) is 0 Å². The number of likely N-dealkylation sites (tertiary alicyclic amines) is 1. The molecule has 1 aliphatic rings. The predicted molar refractivity (Wildman–Crippen MR) is 67.1 cm³/mol. The van der Waals surface area contributed by atoms with Crippen LogP contribution in [0.15, 0.2) is 0 Å². The lowest BCUT2D eigenvalue weighted by Gasteiger charge is -2.27. The first-order valence-corrected chi connectivity index (χ1v) is 6.26. The maximum absolute atomic E-state index is 8.85. The van der Waals surface area contributed by atoms with Crippen molar-refractivity contribution in [3.8, 4) is 6.07 Å². The smallest absolute Gasteiger partial charge is 0.0962 e. The summed E-state index contributed by atoms with van der Waals surface area (Å²) in [6.45, 7) is 10.4. The van der Waals surface area contributed by atoms with Gasteiger partial charge in [0.1, 0.15) is 0 Å². The van der Waals surface area contributed by atoms with E-state index >= 15 is 0 Å². The van der Waals surface area contributed by atoms with Gasteiger partial charge >= 0.3 is 0 Å². The topological polar surface area (TPSA) is 39.1 Å². The number of rotatable bonds is 4. The molecule has 0 aromatic rings. The highest BCUT2D eigenvalue weighted by molar-refractivity contribution is 4.90. The van der Waals surface area contributed by atoms with Gasteiger partial charge in [0.15, 0.2) is 0 Å². The lowest BCUT2D eigenvalue weighted by atomic mass is 9.80. The van der Waals surface area contributed by atoms with Crippen LogP contribution in [-0.2, 0) is 0 Å². The van der Waals surface area contributed by atoms with Crippen LogP contribution in [0.25, 0.3) is 0 Å². The van der Waals surface area contributed by atoms with Crippen LogP contribution in [-0.4, -0.2) is 37.6 Å². The van der Waals surface area contributed by atoms with Crippen LogP contribution >= 0.6 is 0 Å². The van der Waals surface area contributed by atoms with Crippen molar-refractivity contribution in [1.82, 2.24) is 10.2 Å². The third kappa shape index (κ3) is 3.77. The third-order valence-corrected chi connectivity index (χ3v) is 3.74. The molecule has 0 spiro atoms. The summed E-state index contributed by atoms with van der Waals surface area (Å²) in [6, 6.07) is 2.29. The van der Waals surface area contributed by atoms with Gasteiger partial charge in [0.25, 0.3) is 0 Å². The van der Waals surface area contributed by atoms with E-state index in [0.29, 0.717) is 5.41 Å². The second kappa shape index (κ2) is 5.65. The molecule has 3 heteroatoms. The molecule has 1 rings (SSSR count). The molecule has 1 fully saturated rings. The second-order valence-electron chi connectivity index (χ2n) is 5.91. The number of hydrogen-bond acceptors (Lipinski definition) is 3. The SMILES string of the molecule is CNC(C#N)CCN1CCC(C(C)(C)C)C1.